The Morgan fingerprint density at radius 2 is 1.16 bits per heavy atom. The second-order valence-electron chi connectivity index (χ2n) is 15.6. The Morgan fingerprint density at radius 1 is 0.529 bits per heavy atom. The van der Waals surface area contributed by atoms with Crippen molar-refractivity contribution in [1.82, 2.24) is 4.57 Å². The fourth-order valence-corrected chi connectivity index (χ4v) is 10.7. The number of aromatic nitrogens is 1. The molecule has 0 unspecified atom stereocenters. The van der Waals surface area contributed by atoms with E-state index < -0.39 is 0 Å². The predicted molar refractivity (Wildman–Crippen MR) is 211 cm³/mol. The summed E-state index contributed by atoms with van der Waals surface area (Å²) in [6, 6.07) is 45.2. The average Bonchev–Trinajstić information content (AvgIpc) is 3.62. The summed E-state index contributed by atoms with van der Waals surface area (Å²) in [4.78, 5) is 0. The van der Waals surface area contributed by atoms with Gasteiger partial charge in [-0.1, -0.05) is 111 Å². The molecule has 51 heavy (non-hydrogen) atoms. The zero-order chi connectivity index (χ0) is 33.5. The minimum absolute atomic E-state index is 0.0257. The van der Waals surface area contributed by atoms with Crippen molar-refractivity contribution in [3.8, 4) is 50.9 Å². The highest BCUT2D eigenvalue weighted by atomic mass is 16.5. The van der Waals surface area contributed by atoms with E-state index in [1.165, 1.54) is 93.7 Å². The van der Waals surface area contributed by atoms with Gasteiger partial charge in [-0.05, 0) is 97.3 Å². The number of hydrogen-bond donors (Lipinski definition) is 0. The van der Waals surface area contributed by atoms with Crippen LogP contribution in [0.5, 0.6) is 23.0 Å². The second kappa shape index (κ2) is 8.68. The second-order valence-corrected chi connectivity index (χ2v) is 15.6. The summed E-state index contributed by atoms with van der Waals surface area (Å²) in [6.07, 6.45) is 0. The van der Waals surface area contributed by atoms with Crippen LogP contribution in [0, 0.1) is 6.92 Å². The summed E-state index contributed by atoms with van der Waals surface area (Å²) in [6.45, 7) is 7.03. The summed E-state index contributed by atoms with van der Waals surface area (Å²) in [7, 11) is 0. The van der Waals surface area contributed by atoms with Gasteiger partial charge in [0, 0.05) is 38.5 Å². The molecule has 4 aliphatic heterocycles. The van der Waals surface area contributed by atoms with E-state index in [9.17, 15) is 0 Å². The van der Waals surface area contributed by atoms with Crippen molar-refractivity contribution < 1.29 is 9.47 Å². The highest BCUT2D eigenvalue weighted by Gasteiger charge is 2.50. The summed E-state index contributed by atoms with van der Waals surface area (Å²) < 4.78 is 16.4. The highest BCUT2D eigenvalue weighted by molar-refractivity contribution is 7.03. The number of hydrogen-bond acceptors (Lipinski definition) is 2. The van der Waals surface area contributed by atoms with Crippen molar-refractivity contribution >= 4 is 68.0 Å². The van der Waals surface area contributed by atoms with Crippen molar-refractivity contribution in [3.05, 3.63) is 138 Å². The van der Waals surface area contributed by atoms with Crippen LogP contribution < -0.4 is 42.3 Å². The molecule has 0 amide bonds. The topological polar surface area (TPSA) is 23.4 Å². The van der Waals surface area contributed by atoms with E-state index in [1.54, 1.807) is 0 Å². The lowest BCUT2D eigenvalue weighted by Gasteiger charge is -2.41. The van der Waals surface area contributed by atoms with E-state index in [-0.39, 0.29) is 18.8 Å². The molecule has 7 aromatic carbocycles. The van der Waals surface area contributed by atoms with E-state index in [0.29, 0.717) is 0 Å². The lowest BCUT2D eigenvalue weighted by Crippen LogP contribution is -2.65. The van der Waals surface area contributed by atoms with Crippen LogP contribution in [0.2, 0.25) is 0 Å². The molecule has 0 atom stereocenters. The first-order valence-electron chi connectivity index (χ1n) is 18.1. The zero-order valence-electron chi connectivity index (χ0n) is 28.5. The molecule has 0 saturated carbocycles. The van der Waals surface area contributed by atoms with Crippen LogP contribution in [0.4, 0.5) is 0 Å². The quantitative estimate of drug-likeness (QED) is 0.180. The molecule has 0 saturated heterocycles. The molecule has 5 aliphatic rings. The number of ether oxygens (including phenoxy) is 2. The largest absolute Gasteiger partial charge is 0.458 e. The highest BCUT2D eigenvalue weighted by Crippen LogP contribution is 2.50. The molecule has 0 N–H and O–H groups in total. The molecular weight excluding hydrogens is 620 g/mol. The minimum atomic E-state index is -0.0667. The molecular formula is C46H29B2NO2. The maximum atomic E-state index is 6.95. The Hall–Kier alpha value is -5.93. The maximum Gasteiger partial charge on any atom is 0.256 e. The monoisotopic (exact) mass is 649 g/mol. The van der Waals surface area contributed by atoms with Crippen LogP contribution in [0.1, 0.15) is 30.5 Å². The molecule has 1 aliphatic carbocycles. The third-order valence-corrected chi connectivity index (χ3v) is 12.8. The van der Waals surface area contributed by atoms with Gasteiger partial charge < -0.3 is 14.0 Å². The molecule has 3 nitrogen and oxygen atoms in total. The van der Waals surface area contributed by atoms with Crippen LogP contribution in [0.15, 0.2) is 121 Å². The van der Waals surface area contributed by atoms with Gasteiger partial charge in [-0.15, -0.1) is 0 Å². The van der Waals surface area contributed by atoms with Crippen LogP contribution >= 0.6 is 0 Å². The van der Waals surface area contributed by atoms with Crippen molar-refractivity contribution in [1.29, 1.82) is 0 Å². The Bertz CT molecular complexity index is 2990. The first kappa shape index (κ1) is 26.9. The predicted octanol–water partition coefficient (Wildman–Crippen LogP) is 6.94. The number of benzene rings is 7. The summed E-state index contributed by atoms with van der Waals surface area (Å²) in [5.41, 5.74) is 20.6. The van der Waals surface area contributed by atoms with E-state index in [2.05, 4.69) is 147 Å². The molecule has 13 rings (SSSR count). The van der Waals surface area contributed by atoms with Gasteiger partial charge >= 0.3 is 0 Å². The SMILES string of the molecule is Cc1c2c3c4c5c1Oc1ccccc1B5c1cc(-c5ccc6c(c5)C(C)(C)c5ccccc5-6)cc5c6cccc(c6n-4c15)B3c1ccccc1O2. The smallest absolute Gasteiger partial charge is 0.256 e. The van der Waals surface area contributed by atoms with Gasteiger partial charge in [0.2, 0.25) is 0 Å². The maximum absolute atomic E-state index is 6.95. The van der Waals surface area contributed by atoms with E-state index >= 15 is 0 Å². The lowest BCUT2D eigenvalue weighted by molar-refractivity contribution is 0.458. The molecule has 0 fully saturated rings. The Labute approximate surface area is 296 Å². The van der Waals surface area contributed by atoms with Crippen molar-refractivity contribution in [2.45, 2.75) is 26.2 Å². The molecule has 5 heterocycles. The van der Waals surface area contributed by atoms with Gasteiger partial charge in [0.1, 0.15) is 23.0 Å². The summed E-state index contributed by atoms with van der Waals surface area (Å²) >= 11 is 0. The average molecular weight is 649 g/mol. The first-order valence-corrected chi connectivity index (χ1v) is 18.1. The molecule has 8 aromatic rings. The van der Waals surface area contributed by atoms with Crippen LogP contribution in [-0.4, -0.2) is 18.0 Å². The molecule has 1 aromatic heterocycles. The van der Waals surface area contributed by atoms with Gasteiger partial charge in [-0.3, -0.25) is 0 Å². The lowest BCUT2D eigenvalue weighted by atomic mass is 9.30. The summed E-state index contributed by atoms with van der Waals surface area (Å²) in [5, 5.41) is 2.61. The van der Waals surface area contributed by atoms with Crippen LogP contribution in [0.3, 0.4) is 0 Å². The number of fused-ring (bicyclic) bond motifs is 10. The van der Waals surface area contributed by atoms with Gasteiger partial charge in [0.15, 0.2) is 0 Å². The van der Waals surface area contributed by atoms with Gasteiger partial charge in [0.05, 0.1) is 0 Å². The molecule has 236 valence electrons. The van der Waals surface area contributed by atoms with Crippen molar-refractivity contribution in [2.75, 3.05) is 0 Å². The van der Waals surface area contributed by atoms with Gasteiger partial charge in [-0.25, -0.2) is 0 Å². The standard InChI is InChI=1S/C46H29B2NO2/c1-24-44-39-43-40-45(24)51-38-18-9-7-15-34(38)48(40)36-23-26(25-19-20-28-27-11-4-5-13-31(27)46(2,3)32(28)22-25)21-30-29-12-10-16-35(41(29)49(43)42(30)36)47(39)33-14-6-8-17-37(33)50-44/h4-23H,1-3H3. The molecule has 0 radical (unpaired) electrons. The molecule has 0 bridgehead atoms. The van der Waals surface area contributed by atoms with Crippen LogP contribution in [-0.2, 0) is 5.41 Å². The normalized spacial score (nSPS) is 15.4. The van der Waals surface area contributed by atoms with Crippen LogP contribution in [0.25, 0.3) is 49.7 Å². The molecule has 5 heteroatoms. The molecule has 0 spiro atoms. The Balaban J connectivity index is 1.18. The van der Waals surface area contributed by atoms with E-state index in [0.717, 1.165) is 28.6 Å². The Kier molecular flexibility index (Phi) is 4.57. The van der Waals surface area contributed by atoms with Crippen molar-refractivity contribution in [3.63, 3.8) is 0 Å². The fourth-order valence-electron chi connectivity index (χ4n) is 10.7. The first-order chi connectivity index (χ1) is 25.0. The number of rotatable bonds is 1. The van der Waals surface area contributed by atoms with E-state index in [4.69, 9.17) is 9.47 Å². The summed E-state index contributed by atoms with van der Waals surface area (Å²) in [5.74, 6) is 3.74. The van der Waals surface area contributed by atoms with Gasteiger partial charge in [-0.2, -0.15) is 0 Å². The minimum Gasteiger partial charge on any atom is -0.458 e. The zero-order valence-corrected chi connectivity index (χ0v) is 28.5. The number of nitrogens with zero attached hydrogens (tertiary/aromatic N) is 1. The number of para-hydroxylation sites is 3. The Morgan fingerprint density at radius 3 is 1.92 bits per heavy atom. The van der Waals surface area contributed by atoms with E-state index in [1.807, 2.05) is 0 Å². The van der Waals surface area contributed by atoms with Gasteiger partial charge in [0.25, 0.3) is 13.4 Å². The third-order valence-electron chi connectivity index (χ3n) is 12.8. The third kappa shape index (κ3) is 2.97. The van der Waals surface area contributed by atoms with Crippen molar-refractivity contribution in [2.24, 2.45) is 0 Å². The fraction of sp³-hybridized carbons (Fsp3) is 0.0870.